The van der Waals surface area contributed by atoms with Crippen molar-refractivity contribution in [2.24, 2.45) is 0 Å². The lowest BCUT2D eigenvalue weighted by atomic mass is 10.2. The minimum absolute atomic E-state index is 0.401. The number of hydrogen-bond acceptors (Lipinski definition) is 5. The van der Waals surface area contributed by atoms with Gasteiger partial charge in [0.05, 0.1) is 12.5 Å². The zero-order valence-electron chi connectivity index (χ0n) is 12.5. The quantitative estimate of drug-likeness (QED) is 0.579. The van der Waals surface area contributed by atoms with E-state index in [9.17, 15) is 4.79 Å². The van der Waals surface area contributed by atoms with Gasteiger partial charge in [-0.15, -0.1) is 0 Å². The summed E-state index contributed by atoms with van der Waals surface area (Å²) in [6.45, 7) is 0.401. The Hall–Kier alpha value is -3.15. The number of carbonyl (C=O) groups excluding carboxylic acids is 1. The third-order valence-electron chi connectivity index (χ3n) is 3.28. The topological polar surface area (TPSA) is 77.1 Å². The van der Waals surface area contributed by atoms with Gasteiger partial charge in [0.1, 0.15) is 18.6 Å². The molecule has 1 aromatic carbocycles. The van der Waals surface area contributed by atoms with E-state index in [-0.39, 0.29) is 0 Å². The molecule has 1 N–H and O–H groups in total. The van der Waals surface area contributed by atoms with Gasteiger partial charge < -0.3 is 14.5 Å². The highest BCUT2D eigenvalue weighted by Crippen LogP contribution is 2.26. The van der Waals surface area contributed by atoms with Crippen molar-refractivity contribution in [1.29, 1.82) is 0 Å². The van der Waals surface area contributed by atoms with Gasteiger partial charge >= 0.3 is 5.97 Å². The number of aromatic amines is 1. The van der Waals surface area contributed by atoms with Gasteiger partial charge in [-0.3, -0.25) is 0 Å². The van der Waals surface area contributed by atoms with E-state index in [2.05, 4.69) is 19.7 Å². The molecule has 3 rings (SSSR count). The van der Waals surface area contributed by atoms with Crippen molar-refractivity contribution in [2.75, 3.05) is 7.11 Å². The van der Waals surface area contributed by atoms with Crippen molar-refractivity contribution in [1.82, 2.24) is 15.0 Å². The molecule has 2 aromatic heterocycles. The van der Waals surface area contributed by atoms with E-state index in [0.717, 1.165) is 16.5 Å². The number of ether oxygens (including phenoxy) is 2. The Morgan fingerprint density at radius 2 is 2.09 bits per heavy atom. The lowest BCUT2D eigenvalue weighted by Gasteiger charge is -2.06. The van der Waals surface area contributed by atoms with Crippen molar-refractivity contribution in [2.45, 2.75) is 6.61 Å². The third-order valence-corrected chi connectivity index (χ3v) is 3.28. The molecule has 0 saturated carbocycles. The molecule has 0 saturated heterocycles. The molecule has 116 valence electrons. The summed E-state index contributed by atoms with van der Waals surface area (Å²) in [5, 5.41) is 0.726. The number of nitrogens with one attached hydrogen (secondary N) is 1. The van der Waals surface area contributed by atoms with Crippen LogP contribution in [0.5, 0.6) is 5.88 Å². The zero-order valence-corrected chi connectivity index (χ0v) is 12.5. The molecule has 0 amide bonds. The summed E-state index contributed by atoms with van der Waals surface area (Å²) >= 11 is 0. The average Bonchev–Trinajstić information content (AvgIpc) is 3.02. The van der Waals surface area contributed by atoms with Crippen LogP contribution in [0.4, 0.5) is 0 Å². The SMILES string of the molecule is COC(=O)C=Cc1c[nH]c2ncnc(OCc3ccccc3)c12. The number of hydrogen-bond donors (Lipinski definition) is 1. The van der Waals surface area contributed by atoms with Crippen LogP contribution in [-0.4, -0.2) is 28.0 Å². The first-order valence-corrected chi connectivity index (χ1v) is 7.03. The van der Waals surface area contributed by atoms with Gasteiger partial charge in [-0.05, 0) is 11.6 Å². The van der Waals surface area contributed by atoms with E-state index in [1.54, 1.807) is 12.3 Å². The standard InChI is InChI=1S/C17H15N3O3/c1-22-14(21)8-7-13-9-18-16-15(13)17(20-11-19-16)23-10-12-5-3-2-4-6-12/h2-9,11H,10H2,1H3,(H,18,19,20). The summed E-state index contributed by atoms with van der Waals surface area (Å²) in [6, 6.07) is 9.82. The van der Waals surface area contributed by atoms with Gasteiger partial charge in [-0.1, -0.05) is 30.3 Å². The van der Waals surface area contributed by atoms with Crippen molar-refractivity contribution in [3.05, 3.63) is 60.1 Å². The van der Waals surface area contributed by atoms with E-state index in [1.165, 1.54) is 19.5 Å². The average molecular weight is 309 g/mol. The largest absolute Gasteiger partial charge is 0.472 e. The number of aromatic nitrogens is 3. The molecule has 0 atom stereocenters. The summed E-state index contributed by atoms with van der Waals surface area (Å²) in [4.78, 5) is 22.7. The number of fused-ring (bicyclic) bond motifs is 1. The van der Waals surface area contributed by atoms with E-state index in [0.29, 0.717) is 18.1 Å². The Bertz CT molecular complexity index is 841. The van der Waals surface area contributed by atoms with E-state index < -0.39 is 5.97 Å². The molecule has 3 aromatic rings. The van der Waals surface area contributed by atoms with Crippen LogP contribution in [0.3, 0.4) is 0 Å². The molecular weight excluding hydrogens is 294 g/mol. The Balaban J connectivity index is 1.89. The first-order valence-electron chi connectivity index (χ1n) is 7.03. The van der Waals surface area contributed by atoms with Crippen molar-refractivity contribution >= 4 is 23.1 Å². The number of H-pyrrole nitrogens is 1. The van der Waals surface area contributed by atoms with E-state index in [1.807, 2.05) is 30.3 Å². The van der Waals surface area contributed by atoms with Crippen LogP contribution in [0, 0.1) is 0 Å². The van der Waals surface area contributed by atoms with Crippen LogP contribution in [0.15, 0.2) is 48.9 Å². The van der Waals surface area contributed by atoms with Crippen molar-refractivity contribution < 1.29 is 14.3 Å². The van der Waals surface area contributed by atoms with Crippen LogP contribution in [-0.2, 0) is 16.1 Å². The number of rotatable bonds is 5. The third kappa shape index (κ3) is 3.37. The van der Waals surface area contributed by atoms with Gasteiger partial charge in [0.25, 0.3) is 0 Å². The Morgan fingerprint density at radius 1 is 1.26 bits per heavy atom. The molecule has 6 nitrogen and oxygen atoms in total. The van der Waals surface area contributed by atoms with Gasteiger partial charge in [0, 0.05) is 17.8 Å². The Kier molecular flexibility index (Phi) is 4.33. The van der Waals surface area contributed by atoms with E-state index >= 15 is 0 Å². The maximum atomic E-state index is 11.3. The molecule has 0 aliphatic heterocycles. The minimum atomic E-state index is -0.428. The van der Waals surface area contributed by atoms with Gasteiger partial charge in [0.15, 0.2) is 0 Å². The van der Waals surface area contributed by atoms with Crippen molar-refractivity contribution in [3.8, 4) is 5.88 Å². The predicted octanol–water partition coefficient (Wildman–Crippen LogP) is 2.72. The maximum absolute atomic E-state index is 11.3. The Morgan fingerprint density at radius 3 is 2.87 bits per heavy atom. The summed E-state index contributed by atoms with van der Waals surface area (Å²) in [7, 11) is 1.33. The van der Waals surface area contributed by atoms with Crippen molar-refractivity contribution in [3.63, 3.8) is 0 Å². The number of esters is 1. The molecule has 6 heteroatoms. The normalized spacial score (nSPS) is 11.0. The second-order valence-electron chi connectivity index (χ2n) is 4.78. The zero-order chi connectivity index (χ0) is 16.1. The van der Waals surface area contributed by atoms with E-state index in [4.69, 9.17) is 4.74 Å². The number of carbonyl (C=O) groups is 1. The number of benzene rings is 1. The summed E-state index contributed by atoms with van der Waals surface area (Å²) < 4.78 is 10.4. The number of nitrogens with zero attached hydrogens (tertiary/aromatic N) is 2. The van der Waals surface area contributed by atoms with Crippen LogP contribution < -0.4 is 4.74 Å². The Labute approximate surface area is 132 Å². The first kappa shape index (κ1) is 14.8. The van der Waals surface area contributed by atoms with Crippen LogP contribution in [0.25, 0.3) is 17.1 Å². The number of methoxy groups -OCH3 is 1. The highest BCUT2D eigenvalue weighted by molar-refractivity contribution is 5.94. The highest BCUT2D eigenvalue weighted by Gasteiger charge is 2.11. The highest BCUT2D eigenvalue weighted by atomic mass is 16.5. The molecule has 0 aliphatic carbocycles. The molecule has 0 unspecified atom stereocenters. The second kappa shape index (κ2) is 6.74. The van der Waals surface area contributed by atoms with Crippen LogP contribution >= 0.6 is 0 Å². The fraction of sp³-hybridized carbons (Fsp3) is 0.118. The lowest BCUT2D eigenvalue weighted by Crippen LogP contribution is -1.98. The fourth-order valence-electron chi connectivity index (χ4n) is 2.15. The molecular formula is C17H15N3O3. The van der Waals surface area contributed by atoms with Gasteiger partial charge in [-0.2, -0.15) is 0 Å². The molecule has 0 radical (unpaired) electrons. The van der Waals surface area contributed by atoms with Gasteiger partial charge in [0.2, 0.25) is 5.88 Å². The van der Waals surface area contributed by atoms with Crippen LogP contribution in [0.1, 0.15) is 11.1 Å². The fourth-order valence-corrected chi connectivity index (χ4v) is 2.15. The van der Waals surface area contributed by atoms with Crippen LogP contribution in [0.2, 0.25) is 0 Å². The second-order valence-corrected chi connectivity index (χ2v) is 4.78. The smallest absolute Gasteiger partial charge is 0.330 e. The molecule has 0 bridgehead atoms. The molecule has 0 spiro atoms. The van der Waals surface area contributed by atoms with Gasteiger partial charge in [-0.25, -0.2) is 14.8 Å². The first-order chi connectivity index (χ1) is 11.3. The lowest BCUT2D eigenvalue weighted by molar-refractivity contribution is -0.134. The molecule has 23 heavy (non-hydrogen) atoms. The summed E-state index contributed by atoms with van der Waals surface area (Å²) in [5.41, 5.74) is 2.45. The maximum Gasteiger partial charge on any atom is 0.330 e. The summed E-state index contributed by atoms with van der Waals surface area (Å²) in [6.07, 6.45) is 6.17. The summed E-state index contributed by atoms with van der Waals surface area (Å²) in [5.74, 6) is 0.0348. The minimum Gasteiger partial charge on any atom is -0.472 e. The molecule has 0 fully saturated rings. The molecule has 2 heterocycles. The monoisotopic (exact) mass is 309 g/mol. The molecule has 0 aliphatic rings. The predicted molar refractivity (Wildman–Crippen MR) is 85.7 cm³/mol.